The Morgan fingerprint density at radius 1 is 1.22 bits per heavy atom. The van der Waals surface area contributed by atoms with Gasteiger partial charge in [0.2, 0.25) is 11.8 Å². The van der Waals surface area contributed by atoms with Gasteiger partial charge in [-0.05, 0) is 32.1 Å². The summed E-state index contributed by atoms with van der Waals surface area (Å²) in [6.07, 6.45) is 4.71. The molecule has 0 atom stereocenters. The van der Waals surface area contributed by atoms with E-state index in [0.717, 1.165) is 25.9 Å². The normalized spacial score (nSPS) is 21.5. The third-order valence-corrected chi connectivity index (χ3v) is 3.83. The summed E-state index contributed by atoms with van der Waals surface area (Å²) in [5.74, 6) is -0.0766. The zero-order chi connectivity index (χ0) is 13.0. The Balaban J connectivity index is 1.89. The van der Waals surface area contributed by atoms with E-state index >= 15 is 0 Å². The highest BCUT2D eigenvalue weighted by Gasteiger charge is 2.57. The quantitative estimate of drug-likeness (QED) is 0.575. The molecule has 0 aromatic heterocycles. The van der Waals surface area contributed by atoms with E-state index in [0.29, 0.717) is 26.0 Å². The molecule has 18 heavy (non-hydrogen) atoms. The van der Waals surface area contributed by atoms with E-state index in [2.05, 4.69) is 5.32 Å². The summed E-state index contributed by atoms with van der Waals surface area (Å²) in [6.45, 7) is 2.59. The molecule has 1 saturated heterocycles. The van der Waals surface area contributed by atoms with Crippen LogP contribution in [0.4, 0.5) is 0 Å². The zero-order valence-corrected chi connectivity index (χ0v) is 11.0. The van der Waals surface area contributed by atoms with Crippen LogP contribution in [0.15, 0.2) is 0 Å². The lowest BCUT2D eigenvalue weighted by molar-refractivity contribution is -0.145. The molecule has 0 aromatic rings. The summed E-state index contributed by atoms with van der Waals surface area (Å²) in [5, 5.41) is 2.79. The lowest BCUT2D eigenvalue weighted by atomic mass is 10.0. The summed E-state index contributed by atoms with van der Waals surface area (Å²) in [7, 11) is 1.60. The van der Waals surface area contributed by atoms with Crippen LogP contribution < -0.4 is 5.32 Å². The molecule has 0 radical (unpaired) electrons. The maximum absolute atomic E-state index is 12.4. The Hall–Kier alpha value is -1.10. The van der Waals surface area contributed by atoms with Crippen LogP contribution in [0.3, 0.4) is 0 Å². The van der Waals surface area contributed by atoms with Gasteiger partial charge in [0.25, 0.3) is 0 Å². The van der Waals surface area contributed by atoms with E-state index in [9.17, 15) is 9.59 Å². The number of carbonyl (C=O) groups is 2. The van der Waals surface area contributed by atoms with Gasteiger partial charge in [-0.25, -0.2) is 0 Å². The summed E-state index contributed by atoms with van der Waals surface area (Å²) < 4.78 is 4.89. The predicted octanol–water partition coefficient (Wildman–Crippen LogP) is 0.542. The summed E-state index contributed by atoms with van der Waals surface area (Å²) >= 11 is 0. The van der Waals surface area contributed by atoms with Crippen molar-refractivity contribution >= 4 is 11.8 Å². The van der Waals surface area contributed by atoms with Crippen LogP contribution >= 0.6 is 0 Å². The largest absolute Gasteiger partial charge is 0.383 e. The van der Waals surface area contributed by atoms with E-state index in [-0.39, 0.29) is 11.8 Å². The van der Waals surface area contributed by atoms with E-state index in [1.807, 2.05) is 4.90 Å². The second-order valence-corrected chi connectivity index (χ2v) is 5.18. The number of rotatable bonds is 5. The molecular formula is C13H22N2O3. The lowest BCUT2D eigenvalue weighted by Gasteiger charge is -2.30. The first kappa shape index (κ1) is 13.3. The molecule has 2 rings (SSSR count). The Morgan fingerprint density at radius 3 is 2.44 bits per heavy atom. The second kappa shape index (κ2) is 5.69. The fourth-order valence-electron chi connectivity index (χ4n) is 2.50. The monoisotopic (exact) mass is 254 g/mol. The van der Waals surface area contributed by atoms with Gasteiger partial charge in [-0.15, -0.1) is 0 Å². The number of amides is 2. The fourth-order valence-corrected chi connectivity index (χ4v) is 2.50. The molecule has 5 heteroatoms. The zero-order valence-electron chi connectivity index (χ0n) is 11.0. The van der Waals surface area contributed by atoms with E-state index in [4.69, 9.17) is 4.74 Å². The lowest BCUT2D eigenvalue weighted by Crippen LogP contribution is -2.47. The van der Waals surface area contributed by atoms with Crippen LogP contribution in [0.25, 0.3) is 0 Å². The van der Waals surface area contributed by atoms with Crippen LogP contribution in [0.2, 0.25) is 0 Å². The van der Waals surface area contributed by atoms with Gasteiger partial charge in [0, 0.05) is 26.7 Å². The van der Waals surface area contributed by atoms with Crippen molar-refractivity contribution in [2.75, 3.05) is 33.4 Å². The Kier molecular flexibility index (Phi) is 4.22. The minimum Gasteiger partial charge on any atom is -0.383 e. The highest BCUT2D eigenvalue weighted by Crippen LogP contribution is 2.47. The van der Waals surface area contributed by atoms with Crippen molar-refractivity contribution < 1.29 is 14.3 Å². The molecular weight excluding hydrogens is 232 g/mol. The fraction of sp³-hybridized carbons (Fsp3) is 0.846. The molecule has 1 N–H and O–H groups in total. The van der Waals surface area contributed by atoms with Crippen molar-refractivity contribution in [3.05, 3.63) is 0 Å². The maximum Gasteiger partial charge on any atom is 0.238 e. The summed E-state index contributed by atoms with van der Waals surface area (Å²) in [6, 6.07) is 0. The van der Waals surface area contributed by atoms with E-state index < -0.39 is 5.41 Å². The van der Waals surface area contributed by atoms with Crippen molar-refractivity contribution in [1.29, 1.82) is 0 Å². The predicted molar refractivity (Wildman–Crippen MR) is 67.0 cm³/mol. The van der Waals surface area contributed by atoms with Gasteiger partial charge in [-0.3, -0.25) is 9.59 Å². The first-order chi connectivity index (χ1) is 8.70. The highest BCUT2D eigenvalue weighted by molar-refractivity contribution is 6.07. The SMILES string of the molecule is COCCNC(=O)C1(C(=O)N2CCCCC2)CC1. The molecule has 5 nitrogen and oxygen atoms in total. The molecule has 2 amide bonds. The number of piperidine rings is 1. The number of hydrogen-bond acceptors (Lipinski definition) is 3. The number of hydrogen-bond donors (Lipinski definition) is 1. The number of nitrogens with zero attached hydrogens (tertiary/aromatic N) is 1. The van der Waals surface area contributed by atoms with Gasteiger partial charge in [0.05, 0.1) is 6.61 Å². The van der Waals surface area contributed by atoms with Crippen molar-refractivity contribution in [2.45, 2.75) is 32.1 Å². The van der Waals surface area contributed by atoms with Crippen LogP contribution in [0.5, 0.6) is 0 Å². The van der Waals surface area contributed by atoms with Crippen LogP contribution in [0, 0.1) is 5.41 Å². The Morgan fingerprint density at radius 2 is 1.89 bits per heavy atom. The van der Waals surface area contributed by atoms with Gasteiger partial charge in [-0.2, -0.15) is 0 Å². The highest BCUT2D eigenvalue weighted by atomic mass is 16.5. The minimum absolute atomic E-state index is 0.0390. The average molecular weight is 254 g/mol. The van der Waals surface area contributed by atoms with Crippen LogP contribution in [-0.4, -0.2) is 50.1 Å². The Labute approximate surface area is 108 Å². The van der Waals surface area contributed by atoms with Crippen molar-refractivity contribution in [3.8, 4) is 0 Å². The number of likely N-dealkylation sites (tertiary alicyclic amines) is 1. The van der Waals surface area contributed by atoms with Crippen molar-refractivity contribution in [1.82, 2.24) is 10.2 Å². The second-order valence-electron chi connectivity index (χ2n) is 5.18. The topological polar surface area (TPSA) is 58.6 Å². The Bertz CT molecular complexity index is 320. The minimum atomic E-state index is -0.745. The number of nitrogens with one attached hydrogen (secondary N) is 1. The third kappa shape index (κ3) is 2.66. The van der Waals surface area contributed by atoms with Gasteiger partial charge >= 0.3 is 0 Å². The molecule has 102 valence electrons. The maximum atomic E-state index is 12.4. The molecule has 0 unspecified atom stereocenters. The van der Waals surface area contributed by atoms with Crippen molar-refractivity contribution in [3.63, 3.8) is 0 Å². The molecule has 2 aliphatic rings. The van der Waals surface area contributed by atoms with E-state index in [1.165, 1.54) is 6.42 Å². The first-order valence-corrected chi connectivity index (χ1v) is 6.77. The summed E-state index contributed by atoms with van der Waals surface area (Å²) in [4.78, 5) is 26.3. The molecule has 0 aromatic carbocycles. The molecule has 0 bridgehead atoms. The standard InChI is InChI=1S/C13H22N2O3/c1-18-10-7-14-11(16)13(5-6-13)12(17)15-8-3-2-4-9-15/h2-10H2,1H3,(H,14,16). The molecule has 1 aliphatic carbocycles. The van der Waals surface area contributed by atoms with Gasteiger partial charge < -0.3 is 15.0 Å². The van der Waals surface area contributed by atoms with Crippen LogP contribution in [0.1, 0.15) is 32.1 Å². The molecule has 1 saturated carbocycles. The molecule has 2 fully saturated rings. The van der Waals surface area contributed by atoms with Gasteiger partial charge in [0.1, 0.15) is 5.41 Å². The summed E-state index contributed by atoms with van der Waals surface area (Å²) in [5.41, 5.74) is -0.745. The molecule has 0 spiro atoms. The molecule has 1 aliphatic heterocycles. The van der Waals surface area contributed by atoms with Crippen molar-refractivity contribution in [2.24, 2.45) is 5.41 Å². The van der Waals surface area contributed by atoms with Gasteiger partial charge in [-0.1, -0.05) is 0 Å². The average Bonchev–Trinajstić information content (AvgIpc) is 3.20. The number of carbonyl (C=O) groups excluding carboxylic acids is 2. The van der Waals surface area contributed by atoms with Gasteiger partial charge in [0.15, 0.2) is 0 Å². The third-order valence-electron chi connectivity index (χ3n) is 3.83. The number of methoxy groups -OCH3 is 1. The van der Waals surface area contributed by atoms with E-state index in [1.54, 1.807) is 7.11 Å². The number of ether oxygens (including phenoxy) is 1. The smallest absolute Gasteiger partial charge is 0.238 e. The molecule has 1 heterocycles. The first-order valence-electron chi connectivity index (χ1n) is 6.77. The van der Waals surface area contributed by atoms with Crippen LogP contribution in [-0.2, 0) is 14.3 Å².